The van der Waals surface area contributed by atoms with Crippen LogP contribution in [0.25, 0.3) is 0 Å². The number of esters is 1. The molecule has 1 N–H and O–H groups in total. The van der Waals surface area contributed by atoms with Crippen LogP contribution in [0, 0.1) is 0 Å². The Morgan fingerprint density at radius 2 is 1.77 bits per heavy atom. The van der Waals surface area contributed by atoms with Crippen molar-refractivity contribution in [2.45, 2.75) is 66.3 Å². The highest BCUT2D eigenvalue weighted by Crippen LogP contribution is 2.22. The second kappa shape index (κ2) is 9.42. The Labute approximate surface area is 131 Å². The first-order valence-electron chi connectivity index (χ1n) is 7.17. The Morgan fingerprint density at radius 3 is 2.23 bits per heavy atom. The van der Waals surface area contributed by atoms with E-state index in [1.807, 2.05) is 6.92 Å². The maximum absolute atomic E-state index is 12.0. The van der Waals surface area contributed by atoms with Gasteiger partial charge in [-0.3, -0.25) is 0 Å². The Bertz CT molecular complexity index is 408. The molecule has 0 spiro atoms. The first kappa shape index (κ1) is 20.4. The van der Waals surface area contributed by atoms with Gasteiger partial charge in [-0.05, 0) is 41.0 Å². The van der Waals surface area contributed by atoms with Gasteiger partial charge in [0.1, 0.15) is 0 Å². The summed E-state index contributed by atoms with van der Waals surface area (Å²) in [5, 5.41) is 8.77. The van der Waals surface area contributed by atoms with Crippen LogP contribution in [0.15, 0.2) is 11.1 Å². The maximum Gasteiger partial charge on any atom is 0.506 e. The van der Waals surface area contributed by atoms with Gasteiger partial charge in [0.25, 0.3) is 6.29 Å². The number of unbranched alkanes of at least 4 members (excludes halogenated alkanes) is 1. The van der Waals surface area contributed by atoms with E-state index in [0.29, 0.717) is 12.2 Å². The quantitative estimate of drug-likeness (QED) is 0.174. The van der Waals surface area contributed by atoms with Crippen molar-refractivity contribution in [3.8, 4) is 0 Å². The summed E-state index contributed by atoms with van der Waals surface area (Å²) in [6.45, 7) is 10.3. The first-order valence-corrected chi connectivity index (χ1v) is 7.17. The monoisotopic (exact) mass is 318 g/mol. The molecule has 1 atom stereocenters. The number of hydrogen-bond donors (Lipinski definition) is 1. The van der Waals surface area contributed by atoms with Crippen molar-refractivity contribution in [1.82, 2.24) is 0 Å². The molecule has 0 amide bonds. The molecular weight excluding hydrogens is 292 g/mol. The average molecular weight is 318 g/mol. The molecule has 7 nitrogen and oxygen atoms in total. The molecule has 0 aromatic carbocycles. The van der Waals surface area contributed by atoms with Crippen molar-refractivity contribution in [3.63, 3.8) is 0 Å². The lowest BCUT2D eigenvalue weighted by molar-refractivity contribution is -0.397. The van der Waals surface area contributed by atoms with E-state index >= 15 is 0 Å². The van der Waals surface area contributed by atoms with Crippen LogP contribution in [0.1, 0.15) is 54.4 Å². The predicted molar refractivity (Wildman–Crippen MR) is 79.1 cm³/mol. The molecule has 0 rings (SSSR count). The first-order chi connectivity index (χ1) is 10.1. The number of carboxylic acid groups (broad SMARTS) is 1. The van der Waals surface area contributed by atoms with E-state index in [1.54, 1.807) is 20.8 Å². The molecule has 0 heterocycles. The number of hydrogen-bond acceptors (Lipinski definition) is 6. The van der Waals surface area contributed by atoms with Crippen molar-refractivity contribution < 1.29 is 33.9 Å². The molecule has 128 valence electrons. The number of allylic oxidation sites excluding steroid dienone is 1. The fraction of sp³-hybridized carbons (Fsp3) is 0.733. The lowest BCUT2D eigenvalue weighted by Gasteiger charge is -2.30. The highest BCUT2D eigenvalue weighted by atomic mass is 17.2. The third kappa shape index (κ3) is 7.42. The molecule has 0 radical (unpaired) electrons. The average Bonchev–Trinajstić information content (AvgIpc) is 2.39. The number of carbonyl (C=O) groups is 2. The summed E-state index contributed by atoms with van der Waals surface area (Å²) in [7, 11) is 0. The fourth-order valence-corrected chi connectivity index (χ4v) is 1.25. The standard InChI is InChI=1S/C15H26O7/c1-7-8-9-19-22-13(15(5,6)21-14(17)18)20-12(16)11(4)10(2)3/h13H,7-9H2,1-6H3,(H,17,18). The smallest absolute Gasteiger partial charge is 0.450 e. The van der Waals surface area contributed by atoms with E-state index in [4.69, 9.17) is 24.4 Å². The van der Waals surface area contributed by atoms with Crippen LogP contribution in [-0.4, -0.2) is 35.7 Å². The molecule has 22 heavy (non-hydrogen) atoms. The van der Waals surface area contributed by atoms with E-state index in [0.717, 1.165) is 18.4 Å². The second-order valence-corrected chi connectivity index (χ2v) is 5.61. The van der Waals surface area contributed by atoms with Gasteiger partial charge in [-0.25, -0.2) is 14.5 Å². The molecule has 0 saturated heterocycles. The van der Waals surface area contributed by atoms with Crippen LogP contribution in [0.5, 0.6) is 0 Å². The van der Waals surface area contributed by atoms with Crippen LogP contribution in [-0.2, 0) is 24.0 Å². The van der Waals surface area contributed by atoms with Gasteiger partial charge in [0, 0.05) is 5.57 Å². The second-order valence-electron chi connectivity index (χ2n) is 5.61. The summed E-state index contributed by atoms with van der Waals surface area (Å²) >= 11 is 0. The van der Waals surface area contributed by atoms with Crippen LogP contribution in [0.3, 0.4) is 0 Å². The summed E-state index contributed by atoms with van der Waals surface area (Å²) in [5.74, 6) is -0.619. The molecule has 0 bridgehead atoms. The van der Waals surface area contributed by atoms with Crippen molar-refractivity contribution >= 4 is 12.1 Å². The third-order valence-corrected chi connectivity index (χ3v) is 2.92. The Morgan fingerprint density at radius 1 is 1.18 bits per heavy atom. The van der Waals surface area contributed by atoms with Gasteiger partial charge in [0.05, 0.1) is 6.61 Å². The highest BCUT2D eigenvalue weighted by Gasteiger charge is 2.39. The highest BCUT2D eigenvalue weighted by molar-refractivity contribution is 5.88. The van der Waals surface area contributed by atoms with Gasteiger partial charge in [-0.15, -0.1) is 0 Å². The molecule has 7 heteroatoms. The Kier molecular flexibility index (Phi) is 8.74. The molecule has 1 unspecified atom stereocenters. The van der Waals surface area contributed by atoms with Crippen LogP contribution < -0.4 is 0 Å². The minimum absolute atomic E-state index is 0.301. The molecule has 0 aliphatic carbocycles. The van der Waals surface area contributed by atoms with Crippen LogP contribution in [0.2, 0.25) is 0 Å². The molecular formula is C15H26O7. The zero-order chi connectivity index (χ0) is 17.3. The summed E-state index contributed by atoms with van der Waals surface area (Å²) in [6, 6.07) is 0. The van der Waals surface area contributed by atoms with Gasteiger partial charge in [-0.1, -0.05) is 18.9 Å². The Hall–Kier alpha value is -1.60. The van der Waals surface area contributed by atoms with E-state index in [9.17, 15) is 9.59 Å². The van der Waals surface area contributed by atoms with Crippen molar-refractivity contribution in [2.24, 2.45) is 0 Å². The van der Waals surface area contributed by atoms with Crippen molar-refractivity contribution in [2.75, 3.05) is 6.61 Å². The maximum atomic E-state index is 12.0. The van der Waals surface area contributed by atoms with Crippen molar-refractivity contribution in [3.05, 3.63) is 11.1 Å². The van der Waals surface area contributed by atoms with Gasteiger partial charge >= 0.3 is 12.1 Å². The minimum Gasteiger partial charge on any atom is -0.450 e. The summed E-state index contributed by atoms with van der Waals surface area (Å²) in [6.07, 6.45) is -1.16. The summed E-state index contributed by atoms with van der Waals surface area (Å²) in [4.78, 5) is 32.8. The van der Waals surface area contributed by atoms with E-state index < -0.39 is 24.0 Å². The normalized spacial score (nSPS) is 12.5. The van der Waals surface area contributed by atoms with E-state index in [1.165, 1.54) is 13.8 Å². The molecule has 0 aliphatic heterocycles. The van der Waals surface area contributed by atoms with Gasteiger partial charge in [-0.2, -0.15) is 4.89 Å². The summed E-state index contributed by atoms with van der Waals surface area (Å²) in [5.41, 5.74) is -0.226. The number of carbonyl (C=O) groups excluding carboxylic acids is 1. The molecule has 0 saturated carbocycles. The van der Waals surface area contributed by atoms with Crippen molar-refractivity contribution in [1.29, 1.82) is 0 Å². The third-order valence-electron chi connectivity index (χ3n) is 2.92. The molecule has 0 aromatic rings. The zero-order valence-corrected chi connectivity index (χ0v) is 14.1. The van der Waals surface area contributed by atoms with E-state index in [2.05, 4.69) is 0 Å². The number of ether oxygens (including phenoxy) is 2. The molecule has 0 aromatic heterocycles. The van der Waals surface area contributed by atoms with Crippen LogP contribution >= 0.6 is 0 Å². The van der Waals surface area contributed by atoms with Gasteiger partial charge in [0.2, 0.25) is 0 Å². The number of rotatable bonds is 9. The van der Waals surface area contributed by atoms with Crippen LogP contribution in [0.4, 0.5) is 4.79 Å². The largest absolute Gasteiger partial charge is 0.506 e. The topological polar surface area (TPSA) is 91.3 Å². The minimum atomic E-state index is -1.50. The zero-order valence-electron chi connectivity index (χ0n) is 14.1. The Balaban J connectivity index is 4.96. The predicted octanol–water partition coefficient (Wildman–Crippen LogP) is 3.43. The summed E-state index contributed by atoms with van der Waals surface area (Å²) < 4.78 is 9.90. The molecule has 0 aliphatic rings. The SMILES string of the molecule is CCCCOOC(OC(=O)C(C)=C(C)C)C(C)(C)OC(=O)O. The lowest BCUT2D eigenvalue weighted by Crippen LogP contribution is -2.45. The van der Waals surface area contributed by atoms with Gasteiger partial charge in [0.15, 0.2) is 5.60 Å². The molecule has 0 fully saturated rings. The fourth-order valence-electron chi connectivity index (χ4n) is 1.25. The lowest BCUT2D eigenvalue weighted by atomic mass is 10.1. The van der Waals surface area contributed by atoms with E-state index in [-0.39, 0.29) is 0 Å². The van der Waals surface area contributed by atoms with Gasteiger partial charge < -0.3 is 14.6 Å².